The molecule has 0 heterocycles. The van der Waals surface area contributed by atoms with Crippen LogP contribution in [-0.2, 0) is 18.4 Å². The Labute approximate surface area is 149 Å². The van der Waals surface area contributed by atoms with Gasteiger partial charge in [-0.05, 0) is 50.9 Å². The highest BCUT2D eigenvalue weighted by Crippen LogP contribution is 2.52. The second-order valence-corrected chi connectivity index (χ2v) is 7.89. The molecule has 124 valence electrons. The van der Waals surface area contributed by atoms with E-state index >= 15 is 0 Å². The monoisotopic (exact) mass is 326 g/mol. The van der Waals surface area contributed by atoms with Crippen LogP contribution in [0.1, 0.15) is 64.3 Å². The normalized spacial score (nSPS) is 18.9. The van der Waals surface area contributed by atoms with Crippen LogP contribution in [0.25, 0.3) is 0 Å². The molecule has 0 saturated carbocycles. The molecule has 0 saturated heterocycles. The summed E-state index contributed by atoms with van der Waals surface area (Å²) in [5, 5.41) is 9.54. The number of aliphatic hydroxyl groups excluding tert-OH is 1. The number of aliphatic hydroxyl groups is 1. The molecule has 0 bridgehead atoms. The van der Waals surface area contributed by atoms with Crippen molar-refractivity contribution in [1.29, 1.82) is 0 Å². The van der Waals surface area contributed by atoms with Crippen LogP contribution < -0.4 is 0 Å². The maximum absolute atomic E-state index is 9.54. The van der Waals surface area contributed by atoms with Crippen molar-refractivity contribution in [3.8, 4) is 0 Å². The molecule has 2 aliphatic rings. The SMILES string of the molecule is CC1(C)c2ccccc2C2c3ccc(CO)cc3Cc3cccc1c32. The van der Waals surface area contributed by atoms with E-state index in [1.807, 2.05) is 0 Å². The van der Waals surface area contributed by atoms with E-state index in [0.29, 0.717) is 5.92 Å². The van der Waals surface area contributed by atoms with Gasteiger partial charge in [0.15, 0.2) is 0 Å². The van der Waals surface area contributed by atoms with Gasteiger partial charge in [-0.15, -0.1) is 0 Å². The standard InChI is InChI=1S/C24H22O/c1-24(2)20-8-4-3-7-19(20)23-18-11-10-15(14-25)12-17(18)13-16-6-5-9-21(24)22(16)23/h3-12,23,25H,13-14H2,1-2H3. The summed E-state index contributed by atoms with van der Waals surface area (Å²) in [6.45, 7) is 4.80. The average molecular weight is 326 g/mol. The molecule has 5 rings (SSSR count). The van der Waals surface area contributed by atoms with E-state index in [1.54, 1.807) is 0 Å². The molecule has 1 atom stereocenters. The lowest BCUT2D eigenvalue weighted by atomic mass is 9.60. The van der Waals surface area contributed by atoms with Crippen LogP contribution in [0.2, 0.25) is 0 Å². The van der Waals surface area contributed by atoms with Crippen molar-refractivity contribution in [2.75, 3.05) is 0 Å². The van der Waals surface area contributed by atoms with Crippen molar-refractivity contribution < 1.29 is 5.11 Å². The quantitative estimate of drug-likeness (QED) is 0.527. The first kappa shape index (κ1) is 14.9. The Balaban J connectivity index is 1.86. The van der Waals surface area contributed by atoms with Crippen LogP contribution >= 0.6 is 0 Å². The zero-order chi connectivity index (χ0) is 17.2. The molecule has 0 radical (unpaired) electrons. The molecule has 1 heteroatoms. The molecular weight excluding hydrogens is 304 g/mol. The Morgan fingerprint density at radius 2 is 1.68 bits per heavy atom. The molecule has 2 aliphatic carbocycles. The summed E-state index contributed by atoms with van der Waals surface area (Å²) >= 11 is 0. The van der Waals surface area contributed by atoms with Gasteiger partial charge in [0.2, 0.25) is 0 Å². The third kappa shape index (κ3) is 1.93. The lowest BCUT2D eigenvalue weighted by molar-refractivity contribution is 0.281. The van der Waals surface area contributed by atoms with Crippen LogP contribution in [0.3, 0.4) is 0 Å². The Morgan fingerprint density at radius 1 is 0.880 bits per heavy atom. The molecule has 1 nitrogen and oxygen atoms in total. The average Bonchev–Trinajstić information content (AvgIpc) is 2.64. The molecule has 0 aliphatic heterocycles. The zero-order valence-electron chi connectivity index (χ0n) is 14.7. The highest BCUT2D eigenvalue weighted by Gasteiger charge is 2.41. The van der Waals surface area contributed by atoms with Crippen molar-refractivity contribution in [2.24, 2.45) is 0 Å². The van der Waals surface area contributed by atoms with Gasteiger partial charge in [-0.2, -0.15) is 0 Å². The fourth-order valence-corrected chi connectivity index (χ4v) is 4.99. The Kier molecular flexibility index (Phi) is 3.02. The Bertz CT molecular complexity index is 997. The second kappa shape index (κ2) is 5.06. The number of fused-ring (bicyclic) bond motifs is 4. The highest BCUT2D eigenvalue weighted by atomic mass is 16.3. The smallest absolute Gasteiger partial charge is 0.0681 e. The van der Waals surface area contributed by atoms with Crippen molar-refractivity contribution in [3.63, 3.8) is 0 Å². The number of rotatable bonds is 1. The molecule has 3 aromatic rings. The van der Waals surface area contributed by atoms with Crippen LogP contribution in [0.15, 0.2) is 60.7 Å². The predicted molar refractivity (Wildman–Crippen MR) is 101 cm³/mol. The van der Waals surface area contributed by atoms with Crippen LogP contribution in [-0.4, -0.2) is 5.11 Å². The summed E-state index contributed by atoms with van der Waals surface area (Å²) in [5.41, 5.74) is 11.1. The molecule has 25 heavy (non-hydrogen) atoms. The van der Waals surface area contributed by atoms with Gasteiger partial charge in [0.1, 0.15) is 0 Å². The van der Waals surface area contributed by atoms with E-state index in [4.69, 9.17) is 0 Å². The van der Waals surface area contributed by atoms with Gasteiger partial charge >= 0.3 is 0 Å². The molecule has 0 amide bonds. The largest absolute Gasteiger partial charge is 0.392 e. The molecular formula is C24H22O. The van der Waals surface area contributed by atoms with E-state index in [2.05, 4.69) is 74.5 Å². The van der Waals surface area contributed by atoms with Gasteiger partial charge in [-0.25, -0.2) is 0 Å². The topological polar surface area (TPSA) is 20.2 Å². The van der Waals surface area contributed by atoms with Crippen LogP contribution in [0.5, 0.6) is 0 Å². The molecule has 3 aromatic carbocycles. The third-order valence-electron chi connectivity index (χ3n) is 6.19. The van der Waals surface area contributed by atoms with E-state index in [-0.39, 0.29) is 12.0 Å². The summed E-state index contributed by atoms with van der Waals surface area (Å²) in [5.74, 6) is 0.312. The number of hydrogen-bond donors (Lipinski definition) is 1. The van der Waals surface area contributed by atoms with E-state index in [1.165, 1.54) is 38.9 Å². The summed E-state index contributed by atoms with van der Waals surface area (Å²) in [7, 11) is 0. The van der Waals surface area contributed by atoms with E-state index in [9.17, 15) is 5.11 Å². The minimum absolute atomic E-state index is 0.0287. The summed E-state index contributed by atoms with van der Waals surface area (Å²) in [4.78, 5) is 0. The summed E-state index contributed by atoms with van der Waals surface area (Å²) in [6.07, 6.45) is 0.959. The minimum atomic E-state index is 0.0287. The van der Waals surface area contributed by atoms with Gasteiger partial charge in [0, 0.05) is 11.3 Å². The first-order chi connectivity index (χ1) is 12.1. The van der Waals surface area contributed by atoms with Crippen molar-refractivity contribution in [3.05, 3.63) is 105 Å². The summed E-state index contributed by atoms with van der Waals surface area (Å²) in [6, 6.07) is 22.2. The van der Waals surface area contributed by atoms with Crippen molar-refractivity contribution >= 4 is 0 Å². The Morgan fingerprint density at radius 3 is 2.52 bits per heavy atom. The van der Waals surface area contributed by atoms with Crippen LogP contribution in [0, 0.1) is 0 Å². The molecule has 1 N–H and O–H groups in total. The summed E-state index contributed by atoms with van der Waals surface area (Å²) < 4.78 is 0. The van der Waals surface area contributed by atoms with Gasteiger partial charge < -0.3 is 5.11 Å². The predicted octanol–water partition coefficient (Wildman–Crippen LogP) is 4.90. The zero-order valence-corrected chi connectivity index (χ0v) is 14.7. The number of hydrogen-bond acceptors (Lipinski definition) is 1. The van der Waals surface area contributed by atoms with Crippen molar-refractivity contribution in [2.45, 2.75) is 38.2 Å². The van der Waals surface area contributed by atoms with Gasteiger partial charge in [-0.1, -0.05) is 74.5 Å². The van der Waals surface area contributed by atoms with Gasteiger partial charge in [0.25, 0.3) is 0 Å². The minimum Gasteiger partial charge on any atom is -0.392 e. The van der Waals surface area contributed by atoms with E-state index < -0.39 is 0 Å². The highest BCUT2D eigenvalue weighted by molar-refractivity contribution is 5.65. The molecule has 0 spiro atoms. The van der Waals surface area contributed by atoms with Gasteiger partial charge in [-0.3, -0.25) is 0 Å². The third-order valence-corrected chi connectivity index (χ3v) is 6.19. The first-order valence-electron chi connectivity index (χ1n) is 9.05. The van der Waals surface area contributed by atoms with Gasteiger partial charge in [0.05, 0.1) is 6.61 Å². The Hall–Kier alpha value is -2.38. The lowest BCUT2D eigenvalue weighted by Crippen LogP contribution is -2.32. The lowest BCUT2D eigenvalue weighted by Gasteiger charge is -2.43. The fourth-order valence-electron chi connectivity index (χ4n) is 4.99. The maximum Gasteiger partial charge on any atom is 0.0681 e. The molecule has 0 fully saturated rings. The fraction of sp³-hybridized carbons (Fsp3) is 0.250. The van der Waals surface area contributed by atoms with Crippen LogP contribution in [0.4, 0.5) is 0 Å². The van der Waals surface area contributed by atoms with E-state index in [0.717, 1.165) is 12.0 Å². The maximum atomic E-state index is 9.54. The molecule has 0 aromatic heterocycles. The second-order valence-electron chi connectivity index (χ2n) is 7.89. The van der Waals surface area contributed by atoms with Crippen molar-refractivity contribution in [1.82, 2.24) is 0 Å². The first-order valence-corrected chi connectivity index (χ1v) is 9.05. The number of benzene rings is 3. The molecule has 1 unspecified atom stereocenters.